The van der Waals surface area contributed by atoms with Crippen LogP contribution in [-0.4, -0.2) is 18.6 Å². The fraction of sp³-hybridized carbons (Fsp3) is 0.244. The molecule has 1 atom stereocenters. The maximum absolute atomic E-state index is 12.6. The molecule has 5 aromatic rings. The van der Waals surface area contributed by atoms with Gasteiger partial charge >= 0.3 is 5.97 Å². The quantitative estimate of drug-likeness (QED) is 0.103. The van der Waals surface area contributed by atoms with Gasteiger partial charge in [0, 0.05) is 12.1 Å². The minimum absolute atomic E-state index is 0.208. The van der Waals surface area contributed by atoms with Gasteiger partial charge in [-0.1, -0.05) is 153 Å². The normalized spacial score (nSPS) is 14.2. The summed E-state index contributed by atoms with van der Waals surface area (Å²) >= 11 is 0. The molecule has 1 N–H and O–H groups in total. The monoisotopic (exact) mass is 635 g/mol. The van der Waals surface area contributed by atoms with Crippen LogP contribution in [0.4, 0.5) is 0 Å². The van der Waals surface area contributed by atoms with E-state index in [1.165, 1.54) is 0 Å². The number of benzene rings is 5. The van der Waals surface area contributed by atoms with Crippen LogP contribution in [-0.2, 0) is 27.2 Å². The van der Waals surface area contributed by atoms with E-state index in [-0.39, 0.29) is 12.0 Å². The molecule has 0 radical (unpaired) electrons. The van der Waals surface area contributed by atoms with Crippen molar-refractivity contribution in [1.29, 1.82) is 0 Å². The second kappa shape index (κ2) is 14.7. The Morgan fingerprint density at radius 1 is 0.708 bits per heavy atom. The van der Waals surface area contributed by atoms with Gasteiger partial charge in [-0.25, -0.2) is 0 Å². The summed E-state index contributed by atoms with van der Waals surface area (Å²) in [6.45, 7) is 6.97. The Hall–Kier alpha value is -5.27. The molecule has 0 fully saturated rings. The first kappa shape index (κ1) is 32.7. The van der Waals surface area contributed by atoms with E-state index in [4.69, 9.17) is 15.0 Å². The highest BCUT2D eigenvalue weighted by Gasteiger charge is 2.60. The van der Waals surface area contributed by atoms with Gasteiger partial charge in [0.2, 0.25) is 5.66 Å². The van der Waals surface area contributed by atoms with Gasteiger partial charge in [0.25, 0.3) is 0 Å². The first-order valence-corrected chi connectivity index (χ1v) is 16.6. The number of hydrogen-bond donors (Lipinski definition) is 1. The van der Waals surface area contributed by atoms with Crippen LogP contribution < -0.4 is 5.32 Å². The smallest absolute Gasteiger partial charge is 0.323 e. The van der Waals surface area contributed by atoms with Crippen molar-refractivity contribution in [2.45, 2.75) is 50.9 Å². The van der Waals surface area contributed by atoms with E-state index in [9.17, 15) is 4.79 Å². The SMILES string of the molecule is CCOC(=O)[C@H](CC(C)C)NCc1ccc(-c2ccccc2C2(C(c3ccccc3)(c3ccccc3)c3ccccc3)N=NN=N2)cc1. The Bertz CT molecular complexity index is 1750. The molecule has 0 saturated heterocycles. The van der Waals surface area contributed by atoms with Gasteiger partial charge in [-0.2, -0.15) is 0 Å². The van der Waals surface area contributed by atoms with Gasteiger partial charge in [0.05, 0.1) is 12.0 Å². The molecule has 6 rings (SSSR count). The van der Waals surface area contributed by atoms with Crippen molar-refractivity contribution >= 4 is 5.97 Å². The van der Waals surface area contributed by atoms with Gasteiger partial charge in [0.15, 0.2) is 0 Å². The number of hydrogen-bond acceptors (Lipinski definition) is 7. The molecule has 0 aromatic heterocycles. The summed E-state index contributed by atoms with van der Waals surface area (Å²) < 4.78 is 5.33. The van der Waals surface area contributed by atoms with Crippen LogP contribution in [0.5, 0.6) is 0 Å². The van der Waals surface area contributed by atoms with Crippen LogP contribution in [0.1, 0.15) is 55.0 Å². The standard InChI is InChI=1S/C41H41N5O2/c1-4-48-39(47)38(28-30(2)3)42-29-31-24-26-32(27-25-31)36-22-14-15-23-37(36)41(43-45-46-44-41)40(33-16-8-5-9-17-33,34-18-10-6-11-19-34)35-20-12-7-13-21-35/h5-27,30,38,42H,4,28-29H2,1-3H3/t38-/m0/s1. The Morgan fingerprint density at radius 2 is 1.21 bits per heavy atom. The Kier molecular flexibility index (Phi) is 9.97. The van der Waals surface area contributed by atoms with Gasteiger partial charge < -0.3 is 10.1 Å². The molecule has 5 aromatic carbocycles. The first-order valence-electron chi connectivity index (χ1n) is 16.6. The number of carbonyl (C=O) groups excluding carboxylic acids is 1. The van der Waals surface area contributed by atoms with E-state index in [0.29, 0.717) is 25.5 Å². The van der Waals surface area contributed by atoms with Crippen molar-refractivity contribution in [2.75, 3.05) is 6.61 Å². The molecule has 0 bridgehead atoms. The molecule has 0 saturated carbocycles. The summed E-state index contributed by atoms with van der Waals surface area (Å²) in [6, 6.07) is 47.6. The summed E-state index contributed by atoms with van der Waals surface area (Å²) in [5.74, 6) is 0.151. The van der Waals surface area contributed by atoms with Crippen molar-refractivity contribution in [1.82, 2.24) is 5.32 Å². The lowest BCUT2D eigenvalue weighted by Crippen LogP contribution is -2.48. The van der Waals surface area contributed by atoms with Crippen molar-refractivity contribution < 1.29 is 9.53 Å². The van der Waals surface area contributed by atoms with Crippen LogP contribution in [0.15, 0.2) is 160 Å². The van der Waals surface area contributed by atoms with Crippen LogP contribution in [0, 0.1) is 5.92 Å². The average molecular weight is 636 g/mol. The molecule has 0 amide bonds. The number of rotatable bonds is 13. The molecule has 7 heteroatoms. The van der Waals surface area contributed by atoms with Crippen LogP contribution in [0.3, 0.4) is 0 Å². The van der Waals surface area contributed by atoms with Crippen molar-refractivity contribution in [3.8, 4) is 11.1 Å². The topological polar surface area (TPSA) is 87.8 Å². The van der Waals surface area contributed by atoms with Gasteiger partial charge in [-0.3, -0.25) is 4.79 Å². The van der Waals surface area contributed by atoms with Gasteiger partial charge in [0.1, 0.15) is 6.04 Å². The lowest BCUT2D eigenvalue weighted by Gasteiger charge is -2.45. The van der Waals surface area contributed by atoms with Crippen LogP contribution >= 0.6 is 0 Å². The third-order valence-electron chi connectivity index (χ3n) is 8.96. The second-order valence-electron chi connectivity index (χ2n) is 12.5. The summed E-state index contributed by atoms with van der Waals surface area (Å²) in [4.78, 5) is 12.6. The zero-order valence-corrected chi connectivity index (χ0v) is 27.7. The highest BCUT2D eigenvalue weighted by atomic mass is 16.5. The number of ether oxygens (including phenoxy) is 1. The van der Waals surface area contributed by atoms with E-state index >= 15 is 0 Å². The summed E-state index contributed by atoms with van der Waals surface area (Å²) in [7, 11) is 0. The minimum atomic E-state index is -1.27. The average Bonchev–Trinajstić information content (AvgIpc) is 3.63. The van der Waals surface area contributed by atoms with Gasteiger partial charge in [-0.05, 0) is 63.1 Å². The maximum atomic E-state index is 12.6. The highest BCUT2D eigenvalue weighted by molar-refractivity contribution is 5.76. The number of carbonyl (C=O) groups is 1. The number of nitrogens with zero attached hydrogens (tertiary/aromatic N) is 4. The van der Waals surface area contributed by atoms with E-state index in [1.54, 1.807) is 0 Å². The molecule has 48 heavy (non-hydrogen) atoms. The highest BCUT2D eigenvalue weighted by Crippen LogP contribution is 2.58. The van der Waals surface area contributed by atoms with E-state index in [2.05, 4.69) is 139 Å². The predicted octanol–water partition coefficient (Wildman–Crippen LogP) is 9.44. The third kappa shape index (κ3) is 6.21. The Morgan fingerprint density at radius 3 is 1.71 bits per heavy atom. The molecule has 1 aliphatic heterocycles. The lowest BCUT2D eigenvalue weighted by atomic mass is 9.59. The molecular weight excluding hydrogens is 594 g/mol. The van der Waals surface area contributed by atoms with Gasteiger partial charge in [-0.15, -0.1) is 10.2 Å². The number of esters is 1. The summed E-state index contributed by atoms with van der Waals surface area (Å²) in [6.07, 6.45) is 0.710. The lowest BCUT2D eigenvalue weighted by molar-refractivity contribution is -0.146. The van der Waals surface area contributed by atoms with Crippen LogP contribution in [0.2, 0.25) is 0 Å². The van der Waals surface area contributed by atoms with Crippen LogP contribution in [0.25, 0.3) is 11.1 Å². The Balaban J connectivity index is 1.47. The molecule has 1 heterocycles. The van der Waals surface area contributed by atoms with Crippen molar-refractivity contribution in [3.63, 3.8) is 0 Å². The van der Waals surface area contributed by atoms with Crippen molar-refractivity contribution in [3.05, 3.63) is 167 Å². The zero-order chi connectivity index (χ0) is 33.4. The molecule has 7 nitrogen and oxygen atoms in total. The fourth-order valence-corrected chi connectivity index (χ4v) is 6.88. The molecule has 1 aliphatic rings. The van der Waals surface area contributed by atoms with E-state index in [0.717, 1.165) is 38.9 Å². The maximum Gasteiger partial charge on any atom is 0.323 e. The third-order valence-corrected chi connectivity index (χ3v) is 8.96. The summed E-state index contributed by atoms with van der Waals surface area (Å²) in [5, 5.41) is 21.8. The Labute approximate surface area is 282 Å². The van der Waals surface area contributed by atoms with E-state index in [1.807, 2.05) is 37.3 Å². The first-order chi connectivity index (χ1) is 23.5. The number of nitrogens with one attached hydrogen (secondary N) is 1. The molecule has 0 unspecified atom stereocenters. The summed E-state index contributed by atoms with van der Waals surface area (Å²) in [5.41, 5.74) is 4.83. The zero-order valence-electron chi connectivity index (χ0n) is 27.7. The minimum Gasteiger partial charge on any atom is -0.465 e. The van der Waals surface area contributed by atoms with E-state index < -0.39 is 11.1 Å². The second-order valence-corrected chi connectivity index (χ2v) is 12.5. The molecular formula is C41H41N5O2. The van der Waals surface area contributed by atoms with Crippen molar-refractivity contribution in [2.24, 2.45) is 26.6 Å². The fourth-order valence-electron chi connectivity index (χ4n) is 6.88. The molecule has 0 spiro atoms. The predicted molar refractivity (Wildman–Crippen MR) is 189 cm³/mol. The molecule has 242 valence electrons. The largest absolute Gasteiger partial charge is 0.465 e. The molecule has 0 aliphatic carbocycles.